The summed E-state index contributed by atoms with van der Waals surface area (Å²) in [5.41, 5.74) is -1.78. The molecule has 0 radical (unpaired) electrons. The third-order valence-electron chi connectivity index (χ3n) is 3.82. The van der Waals surface area contributed by atoms with Crippen LogP contribution in [0.1, 0.15) is 47.5 Å². The molecule has 0 bridgehead atoms. The van der Waals surface area contributed by atoms with Crippen molar-refractivity contribution in [3.63, 3.8) is 0 Å². The van der Waals surface area contributed by atoms with Gasteiger partial charge in [0, 0.05) is 31.1 Å². The first kappa shape index (κ1) is 24.7. The first-order chi connectivity index (χ1) is 13.0. The van der Waals surface area contributed by atoms with E-state index in [0.29, 0.717) is 5.06 Å². The highest BCUT2D eigenvalue weighted by molar-refractivity contribution is 7.90. The van der Waals surface area contributed by atoms with E-state index in [1.807, 2.05) is 0 Å². The monoisotopic (exact) mass is 436 g/mol. The fourth-order valence-corrected chi connectivity index (χ4v) is 3.36. The zero-order chi connectivity index (χ0) is 22.6. The van der Waals surface area contributed by atoms with Crippen molar-refractivity contribution < 1.29 is 41.9 Å². The van der Waals surface area contributed by atoms with E-state index >= 15 is 0 Å². The summed E-state index contributed by atoms with van der Waals surface area (Å²) in [5, 5.41) is 2.80. The van der Waals surface area contributed by atoms with Gasteiger partial charge in [0.1, 0.15) is 11.7 Å². The summed E-state index contributed by atoms with van der Waals surface area (Å²) in [7, 11) is -3.59. The molecule has 1 aliphatic heterocycles. The standard InChI is InChI=1S/C17H28N2O9S/c1-16(2,3)27-14(22)18-10-17(4,5)11(9-29(6,24)25)26-15(23)28-19-12(20)7-8-13(19)21/h11H,7-10H2,1-6H3,(H,18,22). The Bertz CT molecular complexity index is 752. The van der Waals surface area contributed by atoms with E-state index in [9.17, 15) is 27.6 Å². The molecule has 29 heavy (non-hydrogen) atoms. The van der Waals surface area contributed by atoms with Gasteiger partial charge in [-0.2, -0.15) is 0 Å². The minimum atomic E-state index is -3.59. The molecule has 3 amide bonds. The number of carbonyl (C=O) groups excluding carboxylic acids is 4. The van der Waals surface area contributed by atoms with Gasteiger partial charge in [0.15, 0.2) is 9.84 Å². The lowest BCUT2D eigenvalue weighted by molar-refractivity contribution is -0.179. The molecule has 0 aromatic rings. The van der Waals surface area contributed by atoms with Gasteiger partial charge in [-0.25, -0.2) is 18.0 Å². The minimum Gasteiger partial charge on any atom is -0.444 e. The number of sulfone groups is 1. The van der Waals surface area contributed by atoms with E-state index in [-0.39, 0.29) is 19.4 Å². The predicted octanol–water partition coefficient (Wildman–Crippen LogP) is 1.17. The molecule has 11 nitrogen and oxygen atoms in total. The Morgan fingerprint density at radius 3 is 2.07 bits per heavy atom. The summed E-state index contributed by atoms with van der Waals surface area (Å²) < 4.78 is 33.8. The van der Waals surface area contributed by atoms with Crippen LogP contribution in [0.3, 0.4) is 0 Å². The number of amides is 3. The number of hydroxylamine groups is 2. The van der Waals surface area contributed by atoms with Crippen LogP contribution >= 0.6 is 0 Å². The Morgan fingerprint density at radius 1 is 1.10 bits per heavy atom. The average molecular weight is 436 g/mol. The van der Waals surface area contributed by atoms with Crippen LogP contribution in [0.4, 0.5) is 9.59 Å². The Morgan fingerprint density at radius 2 is 1.62 bits per heavy atom. The molecule has 1 heterocycles. The molecule has 0 aromatic heterocycles. The number of rotatable bonds is 7. The van der Waals surface area contributed by atoms with Crippen molar-refractivity contribution in [1.82, 2.24) is 10.4 Å². The van der Waals surface area contributed by atoms with E-state index < -0.39 is 56.8 Å². The van der Waals surface area contributed by atoms with Gasteiger partial charge in [0.25, 0.3) is 11.8 Å². The highest BCUT2D eigenvalue weighted by Crippen LogP contribution is 2.25. The number of imide groups is 1. The number of hydrogen-bond donors (Lipinski definition) is 1. The van der Waals surface area contributed by atoms with Gasteiger partial charge < -0.3 is 14.8 Å². The Labute approximate surface area is 169 Å². The molecule has 12 heteroatoms. The fourth-order valence-electron chi connectivity index (χ4n) is 2.29. The molecule has 1 atom stereocenters. The molecule has 1 fully saturated rings. The number of hydrogen-bond acceptors (Lipinski definition) is 9. The van der Waals surface area contributed by atoms with Crippen molar-refractivity contribution in [2.24, 2.45) is 5.41 Å². The second kappa shape index (κ2) is 8.97. The summed E-state index contributed by atoms with van der Waals surface area (Å²) in [6.45, 7) is 8.11. The van der Waals surface area contributed by atoms with Crippen LogP contribution in [0.25, 0.3) is 0 Å². The maximum atomic E-state index is 12.1. The van der Waals surface area contributed by atoms with Gasteiger partial charge in [0.05, 0.1) is 5.75 Å². The third-order valence-corrected chi connectivity index (χ3v) is 4.73. The largest absolute Gasteiger partial charge is 0.534 e. The van der Waals surface area contributed by atoms with Crippen molar-refractivity contribution in [3.05, 3.63) is 0 Å². The highest BCUT2D eigenvalue weighted by atomic mass is 32.2. The zero-order valence-electron chi connectivity index (χ0n) is 17.4. The van der Waals surface area contributed by atoms with Crippen molar-refractivity contribution >= 4 is 33.9 Å². The number of nitrogens with zero attached hydrogens (tertiary/aromatic N) is 1. The minimum absolute atomic E-state index is 0.0864. The van der Waals surface area contributed by atoms with Gasteiger partial charge in [-0.05, 0) is 20.8 Å². The molecule has 1 aliphatic rings. The average Bonchev–Trinajstić information content (AvgIpc) is 2.81. The highest BCUT2D eigenvalue weighted by Gasteiger charge is 2.39. The summed E-state index contributed by atoms with van der Waals surface area (Å²) in [6.07, 6.45) is -2.59. The molecule has 0 aromatic carbocycles. The van der Waals surface area contributed by atoms with Crippen LogP contribution in [0.15, 0.2) is 0 Å². The number of nitrogens with one attached hydrogen (secondary N) is 1. The van der Waals surface area contributed by atoms with Crippen LogP contribution in [-0.2, 0) is 33.7 Å². The van der Waals surface area contributed by atoms with Gasteiger partial charge >= 0.3 is 12.2 Å². The molecule has 1 rings (SSSR count). The summed E-state index contributed by atoms with van der Waals surface area (Å²) in [6, 6.07) is 0. The van der Waals surface area contributed by atoms with Crippen LogP contribution < -0.4 is 5.32 Å². The SMILES string of the molecule is CC(C)(C)OC(=O)NCC(C)(C)C(CS(C)(=O)=O)OC(=O)ON1C(=O)CCC1=O. The van der Waals surface area contributed by atoms with E-state index in [0.717, 1.165) is 6.26 Å². The molecule has 0 aliphatic carbocycles. The Hall–Kier alpha value is -2.37. The van der Waals surface area contributed by atoms with Crippen molar-refractivity contribution in [1.29, 1.82) is 0 Å². The summed E-state index contributed by atoms with van der Waals surface area (Å²) in [4.78, 5) is 51.6. The lowest BCUT2D eigenvalue weighted by atomic mass is 9.87. The normalized spacial score (nSPS) is 16.4. The predicted molar refractivity (Wildman–Crippen MR) is 100 cm³/mol. The lowest BCUT2D eigenvalue weighted by Gasteiger charge is -2.33. The molecule has 1 saturated heterocycles. The smallest absolute Gasteiger partial charge is 0.444 e. The fraction of sp³-hybridized carbons (Fsp3) is 0.765. The van der Waals surface area contributed by atoms with Gasteiger partial charge in [0.2, 0.25) is 0 Å². The van der Waals surface area contributed by atoms with Crippen LogP contribution in [0, 0.1) is 5.41 Å². The molecular weight excluding hydrogens is 408 g/mol. The van der Waals surface area contributed by atoms with Crippen molar-refractivity contribution in [2.45, 2.75) is 59.2 Å². The van der Waals surface area contributed by atoms with E-state index in [4.69, 9.17) is 9.47 Å². The maximum Gasteiger partial charge on any atom is 0.534 e. The zero-order valence-corrected chi connectivity index (χ0v) is 18.3. The van der Waals surface area contributed by atoms with Crippen molar-refractivity contribution in [2.75, 3.05) is 18.6 Å². The maximum absolute atomic E-state index is 12.1. The van der Waals surface area contributed by atoms with E-state index in [1.165, 1.54) is 0 Å². The molecule has 1 unspecified atom stereocenters. The van der Waals surface area contributed by atoms with Gasteiger partial charge in [-0.3, -0.25) is 14.4 Å². The number of alkyl carbamates (subject to hydrolysis) is 1. The first-order valence-corrected chi connectivity index (χ1v) is 11.0. The third kappa shape index (κ3) is 8.67. The molecule has 0 saturated carbocycles. The summed E-state index contributed by atoms with van der Waals surface area (Å²) in [5.74, 6) is -1.96. The quantitative estimate of drug-likeness (QED) is 0.459. The number of ether oxygens (including phenoxy) is 2. The van der Waals surface area contributed by atoms with Gasteiger partial charge in [-0.15, -0.1) is 0 Å². The number of carbonyl (C=O) groups is 4. The van der Waals surface area contributed by atoms with E-state index in [2.05, 4.69) is 10.2 Å². The first-order valence-electron chi connectivity index (χ1n) is 8.89. The molecule has 1 N–H and O–H groups in total. The van der Waals surface area contributed by atoms with Gasteiger partial charge in [-0.1, -0.05) is 18.9 Å². The van der Waals surface area contributed by atoms with Crippen molar-refractivity contribution in [3.8, 4) is 0 Å². The second-order valence-electron chi connectivity index (χ2n) is 8.47. The second-order valence-corrected chi connectivity index (χ2v) is 10.7. The van der Waals surface area contributed by atoms with E-state index in [1.54, 1.807) is 34.6 Å². The van der Waals surface area contributed by atoms with Crippen LogP contribution in [-0.4, -0.2) is 67.8 Å². The van der Waals surface area contributed by atoms with Crippen LogP contribution in [0.2, 0.25) is 0 Å². The molecule has 0 spiro atoms. The lowest BCUT2D eigenvalue weighted by Crippen LogP contribution is -2.48. The molecular formula is C17H28N2O9S. The topological polar surface area (TPSA) is 145 Å². The summed E-state index contributed by atoms with van der Waals surface area (Å²) >= 11 is 0. The molecule has 166 valence electrons. The Kier molecular flexibility index (Phi) is 7.63. The Balaban J connectivity index is 2.84. The van der Waals surface area contributed by atoms with Crippen LogP contribution in [0.5, 0.6) is 0 Å².